The van der Waals surface area contributed by atoms with Gasteiger partial charge in [-0.3, -0.25) is 14.7 Å². The van der Waals surface area contributed by atoms with Crippen LogP contribution in [0.3, 0.4) is 0 Å². The van der Waals surface area contributed by atoms with Crippen LogP contribution in [0.15, 0.2) is 18.5 Å². The highest BCUT2D eigenvalue weighted by Gasteiger charge is 2.43. The lowest BCUT2D eigenvalue weighted by Gasteiger charge is -2.43. The second-order valence-electron chi connectivity index (χ2n) is 5.90. The molecule has 0 atom stereocenters. The van der Waals surface area contributed by atoms with E-state index in [9.17, 15) is 4.79 Å². The van der Waals surface area contributed by atoms with Crippen LogP contribution in [0.2, 0.25) is 0 Å². The first-order valence-corrected chi connectivity index (χ1v) is 6.89. The van der Waals surface area contributed by atoms with Crippen LogP contribution in [-0.4, -0.2) is 35.3 Å². The number of likely N-dealkylation sites (N-methyl/N-ethyl adjacent to an activating group) is 1. The van der Waals surface area contributed by atoms with E-state index in [1.807, 2.05) is 14.1 Å². The van der Waals surface area contributed by atoms with Gasteiger partial charge in [-0.1, -0.05) is 6.92 Å². The first-order valence-electron chi connectivity index (χ1n) is 6.89. The van der Waals surface area contributed by atoms with Gasteiger partial charge in [0.2, 0.25) is 0 Å². The van der Waals surface area contributed by atoms with E-state index in [4.69, 9.17) is 5.73 Å². The molecule has 1 heterocycles. The Kier molecular flexibility index (Phi) is 3.90. The fourth-order valence-corrected chi connectivity index (χ4v) is 2.96. The summed E-state index contributed by atoms with van der Waals surface area (Å²) >= 11 is 0. The highest BCUT2D eigenvalue weighted by Crippen LogP contribution is 2.38. The van der Waals surface area contributed by atoms with E-state index in [0.717, 1.165) is 25.7 Å². The summed E-state index contributed by atoms with van der Waals surface area (Å²) in [5.74, 6) is 0.821. The molecule has 0 unspecified atom stereocenters. The summed E-state index contributed by atoms with van der Waals surface area (Å²) in [5.41, 5.74) is 6.61. The quantitative estimate of drug-likeness (QED) is 0.849. The SMILES string of the molecule is CC1CCC(C(=O)c2cnccc2N)(N(C)C)CC1. The average molecular weight is 261 g/mol. The Morgan fingerprint density at radius 2 is 2.05 bits per heavy atom. The standard InChI is InChI=1S/C15H23N3O/c1-11-4-7-15(8-5-11,18(2)3)14(19)12-10-17-9-6-13(12)16/h6,9-11H,4-5,7-8H2,1-3H3,(H2,16,17). The fourth-order valence-electron chi connectivity index (χ4n) is 2.96. The van der Waals surface area contributed by atoms with E-state index >= 15 is 0 Å². The minimum Gasteiger partial charge on any atom is -0.398 e. The van der Waals surface area contributed by atoms with Crippen molar-refractivity contribution in [2.24, 2.45) is 5.92 Å². The molecule has 104 valence electrons. The first kappa shape index (κ1) is 14.0. The predicted molar refractivity (Wildman–Crippen MR) is 77.0 cm³/mol. The number of hydrogen-bond acceptors (Lipinski definition) is 4. The van der Waals surface area contributed by atoms with Crippen molar-refractivity contribution in [3.8, 4) is 0 Å². The number of pyridine rings is 1. The number of carbonyl (C=O) groups is 1. The zero-order valence-electron chi connectivity index (χ0n) is 12.0. The predicted octanol–water partition coefficient (Wildman–Crippen LogP) is 2.36. The number of Topliss-reactive ketones (excluding diaryl/α,β-unsaturated/α-hetero) is 1. The van der Waals surface area contributed by atoms with Crippen molar-refractivity contribution in [1.29, 1.82) is 0 Å². The van der Waals surface area contributed by atoms with Crippen LogP contribution in [0.4, 0.5) is 5.69 Å². The van der Waals surface area contributed by atoms with Crippen molar-refractivity contribution >= 4 is 11.5 Å². The van der Waals surface area contributed by atoms with E-state index < -0.39 is 5.54 Å². The Morgan fingerprint density at radius 3 is 2.58 bits per heavy atom. The van der Waals surface area contributed by atoms with Gasteiger partial charge in [0.25, 0.3) is 0 Å². The van der Waals surface area contributed by atoms with Gasteiger partial charge in [-0.05, 0) is 51.8 Å². The molecular formula is C15H23N3O. The van der Waals surface area contributed by atoms with Crippen LogP contribution < -0.4 is 5.73 Å². The summed E-state index contributed by atoms with van der Waals surface area (Å²) in [5, 5.41) is 0. The molecule has 4 nitrogen and oxygen atoms in total. The van der Waals surface area contributed by atoms with E-state index in [2.05, 4.69) is 16.8 Å². The third-order valence-electron chi connectivity index (χ3n) is 4.48. The smallest absolute Gasteiger partial charge is 0.186 e. The maximum Gasteiger partial charge on any atom is 0.186 e. The van der Waals surface area contributed by atoms with Crippen molar-refractivity contribution in [3.05, 3.63) is 24.0 Å². The second kappa shape index (κ2) is 5.29. The number of rotatable bonds is 3. The topological polar surface area (TPSA) is 59.2 Å². The molecule has 0 radical (unpaired) electrons. The molecule has 1 aromatic heterocycles. The second-order valence-corrected chi connectivity index (χ2v) is 5.90. The average Bonchev–Trinajstić information content (AvgIpc) is 2.39. The van der Waals surface area contributed by atoms with Gasteiger partial charge in [0, 0.05) is 18.1 Å². The molecule has 4 heteroatoms. The van der Waals surface area contributed by atoms with Crippen LogP contribution in [0.5, 0.6) is 0 Å². The van der Waals surface area contributed by atoms with Crippen molar-refractivity contribution in [2.45, 2.75) is 38.1 Å². The van der Waals surface area contributed by atoms with E-state index in [0.29, 0.717) is 17.2 Å². The molecule has 0 aliphatic heterocycles. The van der Waals surface area contributed by atoms with Gasteiger partial charge in [-0.25, -0.2) is 0 Å². The molecular weight excluding hydrogens is 238 g/mol. The summed E-state index contributed by atoms with van der Waals surface area (Å²) < 4.78 is 0. The number of nitrogens with two attached hydrogens (primary N) is 1. The summed E-state index contributed by atoms with van der Waals surface area (Å²) in [6, 6.07) is 1.70. The molecule has 0 spiro atoms. The maximum absolute atomic E-state index is 12.9. The minimum absolute atomic E-state index is 0.120. The number of nitrogens with zero attached hydrogens (tertiary/aromatic N) is 2. The summed E-state index contributed by atoms with van der Waals surface area (Å²) in [6.07, 6.45) is 7.19. The van der Waals surface area contributed by atoms with Crippen molar-refractivity contribution in [2.75, 3.05) is 19.8 Å². The Morgan fingerprint density at radius 1 is 1.42 bits per heavy atom. The third kappa shape index (κ3) is 2.50. The normalized spacial score (nSPS) is 27.5. The van der Waals surface area contributed by atoms with Gasteiger partial charge < -0.3 is 5.73 Å². The molecule has 1 saturated carbocycles. The zero-order valence-corrected chi connectivity index (χ0v) is 12.0. The Labute approximate surface area is 115 Å². The molecule has 19 heavy (non-hydrogen) atoms. The maximum atomic E-state index is 12.9. The lowest BCUT2D eigenvalue weighted by Crippen LogP contribution is -2.53. The Bertz CT molecular complexity index is 462. The zero-order chi connectivity index (χ0) is 14.0. The van der Waals surface area contributed by atoms with E-state index in [-0.39, 0.29) is 5.78 Å². The molecule has 1 aromatic rings. The molecule has 0 amide bonds. The van der Waals surface area contributed by atoms with E-state index in [1.165, 1.54) is 0 Å². The van der Waals surface area contributed by atoms with Crippen molar-refractivity contribution in [1.82, 2.24) is 9.88 Å². The van der Waals surface area contributed by atoms with Crippen LogP contribution in [0, 0.1) is 5.92 Å². The molecule has 1 aliphatic carbocycles. The van der Waals surface area contributed by atoms with Gasteiger partial charge in [0.15, 0.2) is 5.78 Å². The van der Waals surface area contributed by atoms with Crippen LogP contribution in [-0.2, 0) is 0 Å². The minimum atomic E-state index is -0.413. The molecule has 0 aromatic carbocycles. The Balaban J connectivity index is 2.35. The molecule has 0 saturated heterocycles. The monoisotopic (exact) mass is 261 g/mol. The van der Waals surface area contributed by atoms with Crippen molar-refractivity contribution < 1.29 is 4.79 Å². The Hall–Kier alpha value is -1.42. The number of hydrogen-bond donors (Lipinski definition) is 1. The summed E-state index contributed by atoms with van der Waals surface area (Å²) in [6.45, 7) is 2.25. The summed E-state index contributed by atoms with van der Waals surface area (Å²) in [4.78, 5) is 19.0. The number of aromatic nitrogens is 1. The van der Waals surface area contributed by atoms with Gasteiger partial charge in [0.1, 0.15) is 0 Å². The van der Waals surface area contributed by atoms with Crippen LogP contribution >= 0.6 is 0 Å². The van der Waals surface area contributed by atoms with Gasteiger partial charge in [0.05, 0.1) is 11.1 Å². The number of nitrogen functional groups attached to an aromatic ring is 1. The number of ketones is 1. The van der Waals surface area contributed by atoms with Gasteiger partial charge in [-0.15, -0.1) is 0 Å². The lowest BCUT2D eigenvalue weighted by molar-refractivity contribution is 0.0514. The largest absolute Gasteiger partial charge is 0.398 e. The van der Waals surface area contributed by atoms with E-state index in [1.54, 1.807) is 18.5 Å². The molecule has 1 aliphatic rings. The van der Waals surface area contributed by atoms with Gasteiger partial charge >= 0.3 is 0 Å². The molecule has 1 fully saturated rings. The lowest BCUT2D eigenvalue weighted by atomic mass is 9.72. The third-order valence-corrected chi connectivity index (χ3v) is 4.48. The van der Waals surface area contributed by atoms with Crippen LogP contribution in [0.1, 0.15) is 43.0 Å². The number of carbonyl (C=O) groups excluding carboxylic acids is 1. The van der Waals surface area contributed by atoms with Gasteiger partial charge in [-0.2, -0.15) is 0 Å². The highest BCUT2D eigenvalue weighted by atomic mass is 16.1. The fraction of sp³-hybridized carbons (Fsp3) is 0.600. The number of anilines is 1. The highest BCUT2D eigenvalue weighted by molar-refractivity contribution is 6.06. The van der Waals surface area contributed by atoms with Crippen molar-refractivity contribution in [3.63, 3.8) is 0 Å². The molecule has 2 rings (SSSR count). The summed E-state index contributed by atoms with van der Waals surface area (Å²) in [7, 11) is 3.97. The molecule has 0 bridgehead atoms. The first-order chi connectivity index (χ1) is 8.97. The molecule has 2 N–H and O–H groups in total. The van der Waals surface area contributed by atoms with Crippen LogP contribution in [0.25, 0.3) is 0 Å².